The Morgan fingerprint density at radius 2 is 1.71 bits per heavy atom. The van der Waals surface area contributed by atoms with E-state index in [9.17, 15) is 4.79 Å². The van der Waals surface area contributed by atoms with Gasteiger partial charge in [0.2, 0.25) is 6.10 Å². The fourth-order valence-corrected chi connectivity index (χ4v) is 3.89. The first-order valence-electron chi connectivity index (χ1n) is 10.4. The van der Waals surface area contributed by atoms with Gasteiger partial charge in [0.05, 0.1) is 5.69 Å². The predicted molar refractivity (Wildman–Crippen MR) is 115 cm³/mol. The minimum absolute atomic E-state index is 0.0420. The number of hydrogen-bond acceptors (Lipinski definition) is 7. The number of ether oxygens (including phenoxy) is 2. The predicted octanol–water partition coefficient (Wildman–Crippen LogP) is 2.42. The molecule has 8 heteroatoms. The number of fused-ring (bicyclic) bond motifs is 1. The maximum atomic E-state index is 13.1. The van der Waals surface area contributed by atoms with E-state index in [1.807, 2.05) is 60.4 Å². The number of aromatic nitrogens is 3. The molecule has 5 rings (SSSR count). The van der Waals surface area contributed by atoms with Crippen LogP contribution in [0.15, 0.2) is 60.9 Å². The van der Waals surface area contributed by atoms with E-state index in [0.717, 1.165) is 17.1 Å². The highest BCUT2D eigenvalue weighted by atomic mass is 16.6. The van der Waals surface area contributed by atoms with E-state index in [0.29, 0.717) is 37.7 Å². The van der Waals surface area contributed by atoms with Crippen LogP contribution in [0.1, 0.15) is 6.92 Å². The number of piperazine rings is 1. The van der Waals surface area contributed by atoms with Crippen molar-refractivity contribution < 1.29 is 14.3 Å². The number of para-hydroxylation sites is 2. The van der Waals surface area contributed by atoms with Crippen molar-refractivity contribution in [2.75, 3.05) is 31.1 Å². The Labute approximate surface area is 180 Å². The fraction of sp³-hybridized carbons (Fsp3) is 0.304. The molecule has 2 atom stereocenters. The lowest BCUT2D eigenvalue weighted by molar-refractivity contribution is -0.144. The summed E-state index contributed by atoms with van der Waals surface area (Å²) in [7, 11) is 0. The molecule has 0 aliphatic carbocycles. The largest absolute Gasteiger partial charge is 0.482 e. The summed E-state index contributed by atoms with van der Waals surface area (Å²) < 4.78 is 11.9. The van der Waals surface area contributed by atoms with E-state index >= 15 is 0 Å². The van der Waals surface area contributed by atoms with Gasteiger partial charge in [0.1, 0.15) is 6.10 Å². The Morgan fingerprint density at radius 1 is 0.935 bits per heavy atom. The summed E-state index contributed by atoms with van der Waals surface area (Å²) in [5.74, 6) is 2.05. The topological polar surface area (TPSA) is 80.7 Å². The van der Waals surface area contributed by atoms with Gasteiger partial charge in [-0.3, -0.25) is 9.78 Å². The monoisotopic (exact) mass is 417 g/mol. The number of hydrogen-bond donors (Lipinski definition) is 0. The summed E-state index contributed by atoms with van der Waals surface area (Å²) in [5, 5.41) is 8.71. The molecule has 1 fully saturated rings. The van der Waals surface area contributed by atoms with Gasteiger partial charge >= 0.3 is 0 Å². The molecule has 0 saturated carbocycles. The summed E-state index contributed by atoms with van der Waals surface area (Å²) in [6.45, 7) is 4.43. The molecule has 2 aromatic heterocycles. The zero-order valence-corrected chi connectivity index (χ0v) is 17.2. The van der Waals surface area contributed by atoms with Crippen molar-refractivity contribution in [1.29, 1.82) is 0 Å². The van der Waals surface area contributed by atoms with Crippen LogP contribution in [-0.4, -0.2) is 64.4 Å². The standard InChI is InChI=1S/C23H23N5O3/c1-16-22(31-20-7-3-2-6-19(20)30-16)23(29)28-13-11-27(12-14-28)21-9-8-18(25-26-21)17-5-4-10-24-15-17/h2-10,15-16,22H,11-14H2,1H3. The van der Waals surface area contributed by atoms with E-state index in [4.69, 9.17) is 9.47 Å². The summed E-state index contributed by atoms with van der Waals surface area (Å²) in [6, 6.07) is 15.2. The maximum absolute atomic E-state index is 13.1. The molecule has 2 aliphatic heterocycles. The third kappa shape index (κ3) is 3.88. The Hall–Kier alpha value is -3.68. The van der Waals surface area contributed by atoms with Crippen LogP contribution in [-0.2, 0) is 4.79 Å². The van der Waals surface area contributed by atoms with Crippen molar-refractivity contribution in [1.82, 2.24) is 20.1 Å². The molecule has 1 amide bonds. The smallest absolute Gasteiger partial charge is 0.267 e. The first-order chi connectivity index (χ1) is 15.2. The SMILES string of the molecule is CC1Oc2ccccc2OC1C(=O)N1CCN(c2ccc(-c3cccnc3)nn2)CC1. The summed E-state index contributed by atoms with van der Waals surface area (Å²) in [4.78, 5) is 21.2. The molecule has 0 bridgehead atoms. The molecule has 8 nitrogen and oxygen atoms in total. The number of carbonyl (C=O) groups excluding carboxylic acids is 1. The molecule has 1 saturated heterocycles. The van der Waals surface area contributed by atoms with E-state index < -0.39 is 6.10 Å². The van der Waals surface area contributed by atoms with E-state index in [2.05, 4.69) is 20.1 Å². The van der Waals surface area contributed by atoms with Crippen LogP contribution < -0.4 is 14.4 Å². The molecule has 1 aromatic carbocycles. The Bertz CT molecular complexity index is 1050. The average Bonchev–Trinajstić information content (AvgIpc) is 2.84. The van der Waals surface area contributed by atoms with Crippen molar-refractivity contribution in [2.24, 2.45) is 0 Å². The van der Waals surface area contributed by atoms with Crippen LogP contribution in [0.3, 0.4) is 0 Å². The van der Waals surface area contributed by atoms with Crippen molar-refractivity contribution in [3.8, 4) is 22.8 Å². The lowest BCUT2D eigenvalue weighted by atomic mass is 10.1. The van der Waals surface area contributed by atoms with E-state index in [-0.39, 0.29) is 12.0 Å². The Balaban J connectivity index is 1.21. The van der Waals surface area contributed by atoms with Crippen molar-refractivity contribution in [3.05, 3.63) is 60.9 Å². The fourth-order valence-electron chi connectivity index (χ4n) is 3.89. The van der Waals surface area contributed by atoms with Gasteiger partial charge in [0.15, 0.2) is 17.3 Å². The van der Waals surface area contributed by atoms with Gasteiger partial charge in [-0.1, -0.05) is 12.1 Å². The summed E-state index contributed by atoms with van der Waals surface area (Å²) in [5.41, 5.74) is 1.72. The number of amides is 1. The molecule has 3 aromatic rings. The number of nitrogens with zero attached hydrogens (tertiary/aromatic N) is 5. The number of benzene rings is 1. The van der Waals surface area contributed by atoms with Crippen LogP contribution >= 0.6 is 0 Å². The van der Waals surface area contributed by atoms with Crippen molar-refractivity contribution in [3.63, 3.8) is 0 Å². The van der Waals surface area contributed by atoms with E-state index in [1.54, 1.807) is 12.4 Å². The molecular formula is C23H23N5O3. The molecule has 0 spiro atoms. The third-order valence-electron chi connectivity index (χ3n) is 5.61. The normalized spacial score (nSPS) is 20.4. The summed E-state index contributed by atoms with van der Waals surface area (Å²) >= 11 is 0. The number of pyridine rings is 1. The second-order valence-electron chi connectivity index (χ2n) is 7.64. The van der Waals surface area contributed by atoms with Crippen LogP contribution in [0.25, 0.3) is 11.3 Å². The van der Waals surface area contributed by atoms with Gasteiger partial charge in [0, 0.05) is 44.1 Å². The van der Waals surface area contributed by atoms with Gasteiger partial charge in [-0.05, 0) is 43.3 Å². The molecule has 0 N–H and O–H groups in total. The Morgan fingerprint density at radius 3 is 2.39 bits per heavy atom. The molecular weight excluding hydrogens is 394 g/mol. The zero-order valence-electron chi connectivity index (χ0n) is 17.2. The van der Waals surface area contributed by atoms with Gasteiger partial charge < -0.3 is 19.3 Å². The Kier molecular flexibility index (Phi) is 5.11. The molecule has 2 unspecified atom stereocenters. The van der Waals surface area contributed by atoms with Crippen LogP contribution in [0.5, 0.6) is 11.5 Å². The zero-order chi connectivity index (χ0) is 21.2. The number of carbonyl (C=O) groups is 1. The minimum atomic E-state index is -0.639. The second-order valence-corrected chi connectivity index (χ2v) is 7.64. The maximum Gasteiger partial charge on any atom is 0.267 e. The quantitative estimate of drug-likeness (QED) is 0.647. The van der Waals surface area contributed by atoms with Gasteiger partial charge in [-0.2, -0.15) is 0 Å². The molecule has 158 valence electrons. The van der Waals surface area contributed by atoms with Crippen molar-refractivity contribution in [2.45, 2.75) is 19.1 Å². The molecule has 4 heterocycles. The van der Waals surface area contributed by atoms with Crippen LogP contribution in [0.4, 0.5) is 5.82 Å². The minimum Gasteiger partial charge on any atom is -0.482 e. The van der Waals surface area contributed by atoms with Gasteiger partial charge in [0.25, 0.3) is 5.91 Å². The van der Waals surface area contributed by atoms with Crippen molar-refractivity contribution >= 4 is 11.7 Å². The average molecular weight is 417 g/mol. The highest BCUT2D eigenvalue weighted by Gasteiger charge is 2.37. The highest BCUT2D eigenvalue weighted by molar-refractivity contribution is 5.82. The third-order valence-corrected chi connectivity index (χ3v) is 5.61. The molecule has 2 aliphatic rings. The summed E-state index contributed by atoms with van der Waals surface area (Å²) in [6.07, 6.45) is 2.52. The first-order valence-corrected chi connectivity index (χ1v) is 10.4. The highest BCUT2D eigenvalue weighted by Crippen LogP contribution is 2.34. The molecule has 31 heavy (non-hydrogen) atoms. The second kappa shape index (κ2) is 8.22. The molecule has 0 radical (unpaired) electrons. The lowest BCUT2D eigenvalue weighted by Crippen LogP contribution is -2.56. The number of anilines is 1. The van der Waals surface area contributed by atoms with Gasteiger partial charge in [-0.15, -0.1) is 10.2 Å². The lowest BCUT2D eigenvalue weighted by Gasteiger charge is -2.39. The van der Waals surface area contributed by atoms with Gasteiger partial charge in [-0.25, -0.2) is 0 Å². The van der Waals surface area contributed by atoms with Crippen LogP contribution in [0.2, 0.25) is 0 Å². The first kappa shape index (κ1) is 19.3. The number of rotatable bonds is 3. The van der Waals surface area contributed by atoms with E-state index in [1.165, 1.54) is 0 Å². The van der Waals surface area contributed by atoms with Crippen LogP contribution in [0, 0.1) is 0 Å².